The number of rotatable bonds is 5. The van der Waals surface area contributed by atoms with Crippen LogP contribution in [0.5, 0.6) is 0 Å². The zero-order valence-corrected chi connectivity index (χ0v) is 16.3. The number of aryl methyl sites for hydroxylation is 1. The first-order valence-corrected chi connectivity index (χ1v) is 9.25. The van der Waals surface area contributed by atoms with Gasteiger partial charge in [-0.05, 0) is 32.0 Å². The first kappa shape index (κ1) is 18.7. The number of esters is 1. The number of carbonyl (C=O) groups is 2. The highest BCUT2D eigenvalue weighted by Crippen LogP contribution is 2.31. The fourth-order valence-corrected chi connectivity index (χ4v) is 3.99. The van der Waals surface area contributed by atoms with Crippen molar-refractivity contribution in [3.05, 3.63) is 50.4 Å². The Bertz CT molecular complexity index is 992. The molecule has 136 valence electrons. The maximum absolute atomic E-state index is 12.2. The average Bonchev–Trinajstić information content (AvgIpc) is 3.12. The SMILES string of the molecule is Cc1nn(Cc2c(Cl)cccc2Cl)c2sc(C(=O)O[C@@H](C)C(N)=O)cc12. The van der Waals surface area contributed by atoms with Crippen molar-refractivity contribution in [1.82, 2.24) is 9.78 Å². The molecule has 2 heterocycles. The van der Waals surface area contributed by atoms with Gasteiger partial charge in [0.1, 0.15) is 9.71 Å². The van der Waals surface area contributed by atoms with E-state index in [2.05, 4.69) is 5.10 Å². The molecular weight excluding hydrogens is 397 g/mol. The summed E-state index contributed by atoms with van der Waals surface area (Å²) < 4.78 is 6.80. The number of benzene rings is 1. The van der Waals surface area contributed by atoms with Gasteiger partial charge in [0.2, 0.25) is 0 Å². The van der Waals surface area contributed by atoms with Gasteiger partial charge in [-0.25, -0.2) is 9.48 Å². The molecule has 0 aliphatic heterocycles. The van der Waals surface area contributed by atoms with Gasteiger partial charge in [0.15, 0.2) is 6.10 Å². The first-order chi connectivity index (χ1) is 12.3. The molecule has 0 spiro atoms. The van der Waals surface area contributed by atoms with Crippen molar-refractivity contribution < 1.29 is 14.3 Å². The summed E-state index contributed by atoms with van der Waals surface area (Å²) in [4.78, 5) is 24.5. The summed E-state index contributed by atoms with van der Waals surface area (Å²) >= 11 is 13.7. The van der Waals surface area contributed by atoms with Crippen LogP contribution in [0.2, 0.25) is 10.0 Å². The van der Waals surface area contributed by atoms with E-state index >= 15 is 0 Å². The molecule has 0 unspecified atom stereocenters. The second-order valence-electron chi connectivity index (χ2n) is 5.72. The third-order valence-corrected chi connectivity index (χ3v) is 5.70. The molecular formula is C17H15Cl2N3O3S. The Morgan fingerprint density at radius 3 is 2.62 bits per heavy atom. The topological polar surface area (TPSA) is 87.2 Å². The molecule has 1 aromatic carbocycles. The number of halogens is 2. The van der Waals surface area contributed by atoms with Gasteiger partial charge in [-0.3, -0.25) is 4.79 Å². The molecule has 1 amide bonds. The van der Waals surface area contributed by atoms with Gasteiger partial charge in [-0.1, -0.05) is 29.3 Å². The van der Waals surface area contributed by atoms with E-state index in [1.165, 1.54) is 18.3 Å². The van der Waals surface area contributed by atoms with Gasteiger partial charge in [0.05, 0.1) is 12.2 Å². The lowest BCUT2D eigenvalue weighted by Gasteiger charge is -2.08. The highest BCUT2D eigenvalue weighted by Gasteiger charge is 2.21. The van der Waals surface area contributed by atoms with Gasteiger partial charge in [0.25, 0.3) is 5.91 Å². The van der Waals surface area contributed by atoms with Crippen LogP contribution in [0.4, 0.5) is 0 Å². The predicted molar refractivity (Wildman–Crippen MR) is 102 cm³/mol. The smallest absolute Gasteiger partial charge is 0.349 e. The summed E-state index contributed by atoms with van der Waals surface area (Å²) in [5, 5.41) is 6.42. The van der Waals surface area contributed by atoms with Crippen LogP contribution in [-0.4, -0.2) is 27.8 Å². The first-order valence-electron chi connectivity index (χ1n) is 7.68. The second kappa shape index (κ2) is 7.26. The average molecular weight is 412 g/mol. The van der Waals surface area contributed by atoms with Crippen LogP contribution in [0.15, 0.2) is 24.3 Å². The highest BCUT2D eigenvalue weighted by atomic mass is 35.5. The Morgan fingerprint density at radius 1 is 1.35 bits per heavy atom. The van der Waals surface area contributed by atoms with Crippen LogP contribution in [0.3, 0.4) is 0 Å². The zero-order valence-electron chi connectivity index (χ0n) is 14.0. The third kappa shape index (κ3) is 3.56. The number of primary amides is 1. The van der Waals surface area contributed by atoms with Crippen LogP contribution in [0.1, 0.15) is 27.9 Å². The molecule has 0 aliphatic carbocycles. The molecule has 6 nitrogen and oxygen atoms in total. The minimum absolute atomic E-state index is 0.368. The Morgan fingerprint density at radius 2 is 2.00 bits per heavy atom. The van der Waals surface area contributed by atoms with Crippen molar-refractivity contribution in [3.8, 4) is 0 Å². The Balaban J connectivity index is 1.95. The van der Waals surface area contributed by atoms with Crippen molar-refractivity contribution in [1.29, 1.82) is 0 Å². The number of ether oxygens (including phenoxy) is 1. The fourth-order valence-electron chi connectivity index (χ4n) is 2.43. The molecule has 2 aromatic heterocycles. The fraction of sp³-hybridized carbons (Fsp3) is 0.235. The standard InChI is InChI=1S/C17H15Cl2N3O3S/c1-8-10-6-14(17(24)25-9(2)15(20)23)26-16(10)22(21-8)7-11-12(18)4-3-5-13(11)19/h3-6,9H,7H2,1-2H3,(H2,20,23)/t9-/m0/s1. The van der Waals surface area contributed by atoms with E-state index in [-0.39, 0.29) is 0 Å². The normalized spacial score (nSPS) is 12.3. The molecule has 0 aliphatic rings. The number of hydrogen-bond donors (Lipinski definition) is 1. The number of nitrogens with two attached hydrogens (primary N) is 1. The van der Waals surface area contributed by atoms with Gasteiger partial charge >= 0.3 is 5.97 Å². The number of amides is 1. The van der Waals surface area contributed by atoms with Gasteiger partial charge in [0, 0.05) is 21.0 Å². The Labute approximate surface area is 163 Å². The highest BCUT2D eigenvalue weighted by molar-refractivity contribution is 7.20. The van der Waals surface area contributed by atoms with Crippen LogP contribution >= 0.6 is 34.5 Å². The second-order valence-corrected chi connectivity index (χ2v) is 7.57. The van der Waals surface area contributed by atoms with E-state index in [0.29, 0.717) is 21.5 Å². The quantitative estimate of drug-likeness (QED) is 0.646. The predicted octanol–water partition coefficient (Wildman–Crippen LogP) is 3.79. The minimum Gasteiger partial charge on any atom is -0.448 e. The molecule has 26 heavy (non-hydrogen) atoms. The largest absolute Gasteiger partial charge is 0.448 e. The maximum atomic E-state index is 12.2. The van der Waals surface area contributed by atoms with E-state index in [9.17, 15) is 9.59 Å². The Hall–Kier alpha value is -2.09. The monoisotopic (exact) mass is 411 g/mol. The summed E-state index contributed by atoms with van der Waals surface area (Å²) in [6.45, 7) is 3.65. The van der Waals surface area contributed by atoms with Crippen molar-refractivity contribution in [2.75, 3.05) is 0 Å². The number of carbonyl (C=O) groups excluding carboxylic acids is 2. The summed E-state index contributed by atoms with van der Waals surface area (Å²) in [5.41, 5.74) is 6.64. The molecule has 0 saturated carbocycles. The number of aromatic nitrogens is 2. The zero-order chi connectivity index (χ0) is 19.0. The van der Waals surface area contributed by atoms with Crippen LogP contribution in [0, 0.1) is 6.92 Å². The summed E-state index contributed by atoms with van der Waals surface area (Å²) in [7, 11) is 0. The van der Waals surface area contributed by atoms with Crippen LogP contribution in [-0.2, 0) is 16.1 Å². The Kier molecular flexibility index (Phi) is 5.22. The van der Waals surface area contributed by atoms with E-state index in [0.717, 1.165) is 21.5 Å². The maximum Gasteiger partial charge on any atom is 0.349 e. The lowest BCUT2D eigenvalue weighted by Crippen LogP contribution is -2.30. The van der Waals surface area contributed by atoms with Crippen LogP contribution in [0.25, 0.3) is 10.2 Å². The van der Waals surface area contributed by atoms with Crippen molar-refractivity contribution >= 4 is 56.6 Å². The van der Waals surface area contributed by atoms with Crippen molar-refractivity contribution in [2.45, 2.75) is 26.5 Å². The molecule has 9 heteroatoms. The van der Waals surface area contributed by atoms with Gasteiger partial charge in [-0.2, -0.15) is 5.10 Å². The minimum atomic E-state index is -0.993. The van der Waals surface area contributed by atoms with Crippen molar-refractivity contribution in [3.63, 3.8) is 0 Å². The summed E-state index contributed by atoms with van der Waals surface area (Å²) in [5.74, 6) is -1.30. The van der Waals surface area contributed by atoms with Gasteiger partial charge in [-0.15, -0.1) is 11.3 Å². The molecule has 0 bridgehead atoms. The third-order valence-electron chi connectivity index (χ3n) is 3.86. The van der Waals surface area contributed by atoms with E-state index in [1.807, 2.05) is 6.92 Å². The molecule has 3 rings (SSSR count). The summed E-state index contributed by atoms with van der Waals surface area (Å²) in [6, 6.07) is 7.00. The van der Waals surface area contributed by atoms with E-state index in [1.54, 1.807) is 28.9 Å². The lowest BCUT2D eigenvalue weighted by atomic mass is 10.2. The number of thiophene rings is 1. The molecule has 3 aromatic rings. The number of nitrogens with zero attached hydrogens (tertiary/aromatic N) is 2. The molecule has 0 saturated heterocycles. The molecule has 0 fully saturated rings. The molecule has 1 atom stereocenters. The number of fused-ring (bicyclic) bond motifs is 1. The van der Waals surface area contributed by atoms with E-state index in [4.69, 9.17) is 33.7 Å². The molecule has 2 N–H and O–H groups in total. The molecule has 0 radical (unpaired) electrons. The van der Waals surface area contributed by atoms with Crippen LogP contribution < -0.4 is 5.73 Å². The van der Waals surface area contributed by atoms with Crippen molar-refractivity contribution in [2.24, 2.45) is 5.73 Å². The number of hydrogen-bond acceptors (Lipinski definition) is 5. The lowest BCUT2D eigenvalue weighted by molar-refractivity contribution is -0.125. The van der Waals surface area contributed by atoms with Gasteiger partial charge < -0.3 is 10.5 Å². The van der Waals surface area contributed by atoms with E-state index < -0.39 is 18.0 Å². The summed E-state index contributed by atoms with van der Waals surface area (Å²) in [6.07, 6.45) is -0.993.